The van der Waals surface area contributed by atoms with E-state index in [-0.39, 0.29) is 11.3 Å². The summed E-state index contributed by atoms with van der Waals surface area (Å²) in [5.74, 6) is 0.725. The Morgan fingerprint density at radius 2 is 1.67 bits per heavy atom. The van der Waals surface area contributed by atoms with Crippen molar-refractivity contribution >= 4 is 5.91 Å². The number of amides is 1. The molecule has 0 aliphatic heterocycles. The molecule has 0 aromatic heterocycles. The molecule has 0 radical (unpaired) electrons. The minimum atomic E-state index is -0.313. The first-order valence-electron chi connectivity index (χ1n) is 6.56. The predicted molar refractivity (Wildman–Crippen MR) is 76.5 cm³/mol. The van der Waals surface area contributed by atoms with Crippen molar-refractivity contribution in [3.63, 3.8) is 0 Å². The van der Waals surface area contributed by atoms with Crippen molar-refractivity contribution in [2.45, 2.75) is 47.1 Å². The summed E-state index contributed by atoms with van der Waals surface area (Å²) in [6.45, 7) is 10.9. The summed E-state index contributed by atoms with van der Waals surface area (Å²) in [6, 6.07) is 8.52. The molecule has 0 saturated carbocycles. The zero-order valence-corrected chi connectivity index (χ0v) is 12.4. The predicted octanol–water partition coefficient (Wildman–Crippen LogP) is 3.81. The van der Waals surface area contributed by atoms with Crippen molar-refractivity contribution in [3.05, 3.63) is 35.4 Å². The van der Waals surface area contributed by atoms with Crippen molar-refractivity contribution < 1.29 is 4.79 Å². The van der Waals surface area contributed by atoms with E-state index in [0.717, 1.165) is 0 Å². The number of benzene rings is 1. The number of carbonyl (C=O) groups excluding carboxylic acids is 1. The maximum Gasteiger partial charge on any atom is 0.227 e. The molecular weight excluding hydrogens is 222 g/mol. The molecule has 1 aromatic carbocycles. The highest BCUT2D eigenvalue weighted by atomic mass is 16.2. The zero-order valence-electron chi connectivity index (χ0n) is 12.4. The van der Waals surface area contributed by atoms with Crippen molar-refractivity contribution in [1.82, 2.24) is 4.90 Å². The number of nitrogens with zero attached hydrogens (tertiary/aromatic N) is 1. The van der Waals surface area contributed by atoms with Gasteiger partial charge in [0.15, 0.2) is 0 Å². The highest BCUT2D eigenvalue weighted by molar-refractivity contribution is 5.81. The maximum atomic E-state index is 12.1. The van der Waals surface area contributed by atoms with Gasteiger partial charge < -0.3 is 4.90 Å². The highest BCUT2D eigenvalue weighted by Gasteiger charge is 2.24. The van der Waals surface area contributed by atoms with Gasteiger partial charge in [0.05, 0.1) is 0 Å². The Morgan fingerprint density at radius 3 is 2.06 bits per heavy atom. The first-order valence-corrected chi connectivity index (χ1v) is 6.56. The van der Waals surface area contributed by atoms with Gasteiger partial charge in [-0.1, -0.05) is 58.9 Å². The second kappa shape index (κ2) is 5.55. The van der Waals surface area contributed by atoms with E-state index >= 15 is 0 Å². The van der Waals surface area contributed by atoms with Crippen LogP contribution >= 0.6 is 0 Å². The van der Waals surface area contributed by atoms with Crippen LogP contribution in [0.25, 0.3) is 0 Å². The van der Waals surface area contributed by atoms with Crippen LogP contribution in [-0.2, 0) is 11.3 Å². The molecule has 0 bridgehead atoms. The van der Waals surface area contributed by atoms with E-state index < -0.39 is 0 Å². The van der Waals surface area contributed by atoms with Crippen LogP contribution in [0, 0.1) is 5.41 Å². The fourth-order valence-electron chi connectivity index (χ4n) is 1.93. The smallest absolute Gasteiger partial charge is 0.227 e. The molecule has 100 valence electrons. The summed E-state index contributed by atoms with van der Waals surface area (Å²) in [4.78, 5) is 13.9. The molecule has 0 fully saturated rings. The van der Waals surface area contributed by atoms with Gasteiger partial charge in [-0.25, -0.2) is 0 Å². The largest absolute Gasteiger partial charge is 0.341 e. The van der Waals surface area contributed by atoms with Crippen molar-refractivity contribution in [2.75, 3.05) is 7.05 Å². The van der Waals surface area contributed by atoms with Crippen LogP contribution < -0.4 is 0 Å². The monoisotopic (exact) mass is 247 g/mol. The summed E-state index contributed by atoms with van der Waals surface area (Å²) in [5, 5.41) is 0. The molecule has 0 spiro atoms. The van der Waals surface area contributed by atoms with Crippen LogP contribution in [0.4, 0.5) is 0 Å². The molecule has 2 heteroatoms. The molecule has 0 atom stereocenters. The fourth-order valence-corrected chi connectivity index (χ4v) is 1.93. The van der Waals surface area contributed by atoms with Gasteiger partial charge in [-0.2, -0.15) is 0 Å². The number of rotatable bonds is 3. The summed E-state index contributed by atoms with van der Waals surface area (Å²) in [6.07, 6.45) is 0. The first-order chi connectivity index (χ1) is 8.21. The van der Waals surface area contributed by atoms with Crippen LogP contribution in [0.5, 0.6) is 0 Å². The van der Waals surface area contributed by atoms with Gasteiger partial charge in [-0.15, -0.1) is 0 Å². The summed E-state index contributed by atoms with van der Waals surface area (Å²) in [7, 11) is 1.87. The highest BCUT2D eigenvalue weighted by Crippen LogP contribution is 2.19. The number of hydrogen-bond acceptors (Lipinski definition) is 1. The molecule has 1 amide bonds. The molecule has 1 aromatic rings. The normalized spacial score (nSPS) is 11.7. The Hall–Kier alpha value is -1.31. The van der Waals surface area contributed by atoms with Gasteiger partial charge in [-0.3, -0.25) is 4.79 Å². The van der Waals surface area contributed by atoms with E-state index in [0.29, 0.717) is 12.5 Å². The minimum Gasteiger partial charge on any atom is -0.341 e. The fraction of sp³-hybridized carbons (Fsp3) is 0.562. The lowest BCUT2D eigenvalue weighted by Crippen LogP contribution is -2.36. The van der Waals surface area contributed by atoms with E-state index in [1.54, 1.807) is 4.90 Å². The van der Waals surface area contributed by atoms with Gasteiger partial charge in [0.1, 0.15) is 0 Å². The van der Waals surface area contributed by atoms with Gasteiger partial charge in [0, 0.05) is 19.0 Å². The minimum absolute atomic E-state index is 0.176. The van der Waals surface area contributed by atoms with Crippen molar-refractivity contribution in [2.24, 2.45) is 5.41 Å². The third-order valence-electron chi connectivity index (χ3n) is 3.05. The van der Waals surface area contributed by atoms with Gasteiger partial charge in [0.25, 0.3) is 0 Å². The molecule has 0 heterocycles. The average molecular weight is 247 g/mol. The maximum absolute atomic E-state index is 12.1. The number of hydrogen-bond donors (Lipinski definition) is 0. The molecule has 0 unspecified atom stereocenters. The second-order valence-electron chi connectivity index (χ2n) is 6.31. The molecular formula is C16H25NO. The number of carbonyl (C=O) groups is 1. The van der Waals surface area contributed by atoms with Gasteiger partial charge in [-0.05, 0) is 17.0 Å². The van der Waals surface area contributed by atoms with Crippen LogP contribution in [-0.4, -0.2) is 17.9 Å². The summed E-state index contributed by atoms with van der Waals surface area (Å²) in [5.41, 5.74) is 2.20. The molecule has 0 N–H and O–H groups in total. The molecule has 0 aliphatic rings. The Balaban J connectivity index is 2.71. The lowest BCUT2D eigenvalue weighted by Gasteiger charge is -2.26. The zero-order chi connectivity index (χ0) is 13.9. The quantitative estimate of drug-likeness (QED) is 0.795. The van der Waals surface area contributed by atoms with Crippen molar-refractivity contribution in [1.29, 1.82) is 0 Å². The Morgan fingerprint density at radius 1 is 1.17 bits per heavy atom. The van der Waals surface area contributed by atoms with E-state index in [2.05, 4.69) is 38.1 Å². The molecule has 1 rings (SSSR count). The second-order valence-corrected chi connectivity index (χ2v) is 6.31. The Labute approximate surface area is 111 Å². The molecule has 18 heavy (non-hydrogen) atoms. The van der Waals surface area contributed by atoms with E-state index in [1.807, 2.05) is 27.8 Å². The average Bonchev–Trinajstić information content (AvgIpc) is 2.27. The summed E-state index contributed by atoms with van der Waals surface area (Å²) < 4.78 is 0. The third kappa shape index (κ3) is 3.86. The topological polar surface area (TPSA) is 20.3 Å². The van der Waals surface area contributed by atoms with E-state index in [4.69, 9.17) is 0 Å². The van der Waals surface area contributed by atoms with Crippen molar-refractivity contribution in [3.8, 4) is 0 Å². The van der Waals surface area contributed by atoms with Crippen LogP contribution in [0.3, 0.4) is 0 Å². The van der Waals surface area contributed by atoms with Gasteiger partial charge >= 0.3 is 0 Å². The first kappa shape index (κ1) is 14.7. The van der Waals surface area contributed by atoms with Gasteiger partial charge in [0.2, 0.25) is 5.91 Å². The standard InChI is InChI=1S/C16H25NO/c1-12(2)14-9-7-13(8-10-14)11-17(6)15(18)16(3,4)5/h7-10,12H,11H2,1-6H3. The van der Waals surface area contributed by atoms with E-state index in [9.17, 15) is 4.79 Å². The molecule has 0 saturated heterocycles. The van der Waals surface area contributed by atoms with Crippen LogP contribution in [0.1, 0.15) is 51.7 Å². The Bertz CT molecular complexity index is 398. The lowest BCUT2D eigenvalue weighted by atomic mass is 9.94. The lowest BCUT2D eigenvalue weighted by molar-refractivity contribution is -0.138. The third-order valence-corrected chi connectivity index (χ3v) is 3.05. The van der Waals surface area contributed by atoms with Crippen LogP contribution in [0.15, 0.2) is 24.3 Å². The SMILES string of the molecule is CC(C)c1ccc(CN(C)C(=O)C(C)(C)C)cc1. The Kier molecular flexibility index (Phi) is 4.55. The van der Waals surface area contributed by atoms with Crippen LogP contribution in [0.2, 0.25) is 0 Å². The molecule has 2 nitrogen and oxygen atoms in total. The van der Waals surface area contributed by atoms with E-state index in [1.165, 1.54) is 11.1 Å². The molecule has 0 aliphatic carbocycles. The summed E-state index contributed by atoms with van der Waals surface area (Å²) >= 11 is 0.